The maximum Gasteiger partial charge on any atom is 0.305 e. The Morgan fingerprint density at radius 2 is 1.53 bits per heavy atom. The lowest BCUT2D eigenvalue weighted by Gasteiger charge is -2.11. The second kappa shape index (κ2) is 23.1. The van der Waals surface area contributed by atoms with Gasteiger partial charge in [-0.05, 0) is 57.1 Å². The molecule has 0 radical (unpaired) electrons. The van der Waals surface area contributed by atoms with Crippen LogP contribution >= 0.6 is 0 Å². The molecule has 0 aliphatic carbocycles. The van der Waals surface area contributed by atoms with Crippen LogP contribution in [0.3, 0.4) is 0 Å². The van der Waals surface area contributed by atoms with Gasteiger partial charge in [0.05, 0.1) is 31.2 Å². The Balaban J connectivity index is 0.000000537. The van der Waals surface area contributed by atoms with Crippen molar-refractivity contribution < 1.29 is 31.8 Å². The van der Waals surface area contributed by atoms with Crippen molar-refractivity contribution in [1.29, 1.82) is 0 Å². The normalized spacial score (nSPS) is 16.4. The number of hydrogen-bond acceptors (Lipinski definition) is 6. The Labute approximate surface area is 273 Å². The summed E-state index contributed by atoms with van der Waals surface area (Å²) in [6.45, 7) is 6.39. The van der Waals surface area contributed by atoms with E-state index in [2.05, 4.69) is 24.0 Å². The molecule has 256 valence electrons. The van der Waals surface area contributed by atoms with Crippen molar-refractivity contribution in [3.8, 4) is 0 Å². The van der Waals surface area contributed by atoms with Crippen LogP contribution in [-0.4, -0.2) is 42.8 Å². The summed E-state index contributed by atoms with van der Waals surface area (Å²) in [4.78, 5) is 11.9. The largest absolute Gasteiger partial charge is 0.744 e. The molecule has 8 nitrogen and oxygen atoms in total. The minimum absolute atomic E-state index is 0.0691. The van der Waals surface area contributed by atoms with Crippen molar-refractivity contribution in [2.24, 2.45) is 13.0 Å². The first-order valence-electron chi connectivity index (χ1n) is 17.5. The molecule has 0 spiro atoms. The van der Waals surface area contributed by atoms with E-state index in [0.29, 0.717) is 18.9 Å². The van der Waals surface area contributed by atoms with E-state index >= 15 is 0 Å². The summed E-state index contributed by atoms with van der Waals surface area (Å²) in [5, 5.41) is 0. The number of carbonyl (C=O) groups is 1. The van der Waals surface area contributed by atoms with Crippen molar-refractivity contribution in [2.45, 2.75) is 147 Å². The molecule has 0 saturated carbocycles. The minimum atomic E-state index is -4.27. The molecule has 2 aromatic rings. The number of aromatic nitrogens is 2. The van der Waals surface area contributed by atoms with Crippen LogP contribution in [0.1, 0.15) is 128 Å². The second-order valence-corrected chi connectivity index (χ2v) is 14.2. The molecule has 45 heavy (non-hydrogen) atoms. The number of hydrogen-bond donors (Lipinski definition) is 0. The van der Waals surface area contributed by atoms with Gasteiger partial charge in [-0.2, -0.15) is 0 Å². The Kier molecular flexibility index (Phi) is 20.0. The number of carbonyl (C=O) groups excluding carboxylic acids is 1. The molecule has 3 rings (SSSR count). The zero-order chi connectivity index (χ0) is 32.8. The van der Waals surface area contributed by atoms with Crippen LogP contribution in [0.15, 0.2) is 47.9 Å². The molecule has 2 atom stereocenters. The van der Waals surface area contributed by atoms with Crippen LogP contribution in [0.25, 0.3) is 0 Å². The van der Waals surface area contributed by atoms with Crippen LogP contribution in [0.5, 0.6) is 0 Å². The van der Waals surface area contributed by atoms with Crippen LogP contribution in [0.2, 0.25) is 0 Å². The molecule has 1 aliphatic rings. The van der Waals surface area contributed by atoms with Gasteiger partial charge >= 0.3 is 5.97 Å². The molecule has 0 bridgehead atoms. The SMILES string of the molecule is CCCCCCCCCCCCCC[C@@H]1CO[C@@H](COC(=O)CCCCC[n+]2ccn(C)c2)C1.Cc1ccc(S(=O)(=O)[O-])cc1. The lowest BCUT2D eigenvalue weighted by molar-refractivity contribution is -0.696. The van der Waals surface area contributed by atoms with E-state index in [1.165, 1.54) is 95.6 Å². The first-order chi connectivity index (χ1) is 21.7. The maximum atomic E-state index is 12.0. The molecule has 0 amide bonds. The van der Waals surface area contributed by atoms with E-state index in [1.54, 1.807) is 12.1 Å². The van der Waals surface area contributed by atoms with Gasteiger partial charge in [0.15, 0.2) is 0 Å². The summed E-state index contributed by atoms with van der Waals surface area (Å²) in [5.74, 6) is 0.586. The fraction of sp³-hybridized carbons (Fsp3) is 0.722. The molecule has 1 aromatic carbocycles. The standard InChI is InChI=1S/C29H53N2O3.C7H8O3S/c1-3-4-5-6-7-8-9-10-11-12-13-15-18-27-23-28(33-24-27)25-34-29(32)19-16-14-17-20-31-22-21-30(2)26-31;1-6-2-4-7(5-3-6)11(8,9)10/h21-22,26-28H,3-20,23-25H2,1-2H3;2-5H,1H3,(H,8,9,10)/q+1;/p-1/t27-,28+;/m0./s1. The second-order valence-electron chi connectivity index (χ2n) is 12.8. The van der Waals surface area contributed by atoms with Gasteiger partial charge in [-0.25, -0.2) is 17.6 Å². The Morgan fingerprint density at radius 1 is 0.933 bits per heavy atom. The lowest BCUT2D eigenvalue weighted by Crippen LogP contribution is -2.30. The van der Waals surface area contributed by atoms with Gasteiger partial charge in [0.1, 0.15) is 29.1 Å². The topological polar surface area (TPSA) is 102 Å². The van der Waals surface area contributed by atoms with Crippen molar-refractivity contribution in [3.63, 3.8) is 0 Å². The number of benzene rings is 1. The smallest absolute Gasteiger partial charge is 0.305 e. The average molecular weight is 649 g/mol. The van der Waals surface area contributed by atoms with Gasteiger partial charge in [-0.1, -0.05) is 102 Å². The average Bonchev–Trinajstić information content (AvgIpc) is 3.65. The monoisotopic (exact) mass is 648 g/mol. The highest BCUT2D eigenvalue weighted by Gasteiger charge is 2.26. The predicted molar refractivity (Wildman–Crippen MR) is 178 cm³/mol. The quantitative estimate of drug-likeness (QED) is 0.0559. The van der Waals surface area contributed by atoms with Crippen molar-refractivity contribution in [3.05, 3.63) is 48.5 Å². The number of rotatable bonds is 22. The van der Waals surface area contributed by atoms with Crippen LogP contribution < -0.4 is 4.57 Å². The molecular formula is C36H60N2O6S. The van der Waals surface area contributed by atoms with Crippen LogP contribution in [0.4, 0.5) is 0 Å². The number of unbranched alkanes of at least 4 members (excludes halogenated alkanes) is 13. The zero-order valence-corrected chi connectivity index (χ0v) is 29.1. The lowest BCUT2D eigenvalue weighted by atomic mass is 9.97. The van der Waals surface area contributed by atoms with Crippen LogP contribution in [0, 0.1) is 12.8 Å². The highest BCUT2D eigenvalue weighted by Crippen LogP contribution is 2.25. The Hall–Kier alpha value is -2.23. The molecule has 1 saturated heterocycles. The molecule has 0 N–H and O–H groups in total. The first-order valence-corrected chi connectivity index (χ1v) is 18.9. The van der Waals surface area contributed by atoms with Gasteiger partial charge in [0.2, 0.25) is 6.33 Å². The summed E-state index contributed by atoms with van der Waals surface area (Å²) in [6, 6.07) is 5.78. The third-order valence-electron chi connectivity index (χ3n) is 8.49. The highest BCUT2D eigenvalue weighted by molar-refractivity contribution is 7.85. The van der Waals surface area contributed by atoms with Gasteiger partial charge < -0.3 is 14.0 Å². The number of ether oxygens (including phenoxy) is 2. The van der Waals surface area contributed by atoms with Gasteiger partial charge in [-0.15, -0.1) is 0 Å². The molecular weight excluding hydrogens is 588 g/mol. The van der Waals surface area contributed by atoms with Gasteiger partial charge in [0.25, 0.3) is 0 Å². The Bertz CT molecular complexity index is 1150. The number of nitrogens with zero attached hydrogens (tertiary/aromatic N) is 2. The molecule has 1 aromatic heterocycles. The van der Waals surface area contributed by atoms with E-state index in [-0.39, 0.29) is 17.0 Å². The van der Waals surface area contributed by atoms with Crippen LogP contribution in [-0.2, 0) is 38.0 Å². The van der Waals surface area contributed by atoms with Crippen molar-refractivity contribution in [1.82, 2.24) is 4.57 Å². The van der Waals surface area contributed by atoms with E-state index in [0.717, 1.165) is 44.4 Å². The molecule has 2 heterocycles. The highest BCUT2D eigenvalue weighted by atomic mass is 32.2. The van der Waals surface area contributed by atoms with E-state index in [4.69, 9.17) is 9.47 Å². The maximum absolute atomic E-state index is 12.0. The number of aryl methyl sites for hydroxylation is 3. The third kappa shape index (κ3) is 19.1. The van der Waals surface area contributed by atoms with Crippen molar-refractivity contribution >= 4 is 16.1 Å². The summed E-state index contributed by atoms with van der Waals surface area (Å²) in [7, 11) is -2.24. The molecule has 1 fully saturated rings. The number of esters is 1. The summed E-state index contributed by atoms with van der Waals surface area (Å²) >= 11 is 0. The Morgan fingerprint density at radius 3 is 2.11 bits per heavy atom. The summed E-state index contributed by atoms with van der Waals surface area (Å²) in [5.41, 5.74) is 0.928. The molecule has 1 aliphatic heterocycles. The number of imidazole rings is 1. The van der Waals surface area contributed by atoms with Gasteiger partial charge in [0, 0.05) is 6.42 Å². The summed E-state index contributed by atoms with van der Waals surface area (Å²) in [6.07, 6.45) is 29.0. The third-order valence-corrected chi connectivity index (χ3v) is 9.34. The summed E-state index contributed by atoms with van der Waals surface area (Å²) < 4.78 is 46.8. The van der Waals surface area contributed by atoms with Crippen molar-refractivity contribution in [2.75, 3.05) is 13.2 Å². The molecule has 0 unspecified atom stereocenters. The van der Waals surface area contributed by atoms with E-state index in [1.807, 2.05) is 24.7 Å². The fourth-order valence-electron chi connectivity index (χ4n) is 5.71. The fourth-order valence-corrected chi connectivity index (χ4v) is 6.18. The van der Waals surface area contributed by atoms with E-state index in [9.17, 15) is 17.8 Å². The van der Waals surface area contributed by atoms with E-state index < -0.39 is 10.1 Å². The predicted octanol–water partition coefficient (Wildman–Crippen LogP) is 7.81. The van der Waals surface area contributed by atoms with Gasteiger partial charge in [-0.3, -0.25) is 4.79 Å². The first kappa shape index (κ1) is 39.0. The zero-order valence-electron chi connectivity index (χ0n) is 28.3. The molecule has 9 heteroatoms. The minimum Gasteiger partial charge on any atom is -0.744 e.